The average Bonchev–Trinajstić information content (AvgIpc) is 2.53. The van der Waals surface area contributed by atoms with Crippen LogP contribution in [0.25, 0.3) is 0 Å². The Morgan fingerprint density at radius 2 is 1.59 bits per heavy atom. The standard InChI is InChI=1S/C16H16ClNO4/c1-20-13-9-15(22-3)14(21-2)8-12(13)16(19)18-11-6-4-5-10(17)7-11/h4-9H,1-3H3,(H,18,19). The van der Waals surface area contributed by atoms with E-state index in [0.29, 0.717) is 33.5 Å². The molecule has 0 aliphatic rings. The maximum atomic E-state index is 12.4. The number of nitrogens with one attached hydrogen (secondary N) is 1. The molecule has 0 heterocycles. The second-order valence-corrected chi connectivity index (χ2v) is 4.81. The molecule has 22 heavy (non-hydrogen) atoms. The average molecular weight is 322 g/mol. The fourth-order valence-corrected chi connectivity index (χ4v) is 2.16. The molecule has 0 spiro atoms. The van der Waals surface area contributed by atoms with Crippen LogP contribution in [0.1, 0.15) is 10.4 Å². The molecule has 0 aliphatic carbocycles. The summed E-state index contributed by atoms with van der Waals surface area (Å²) in [6, 6.07) is 10.1. The predicted molar refractivity (Wildman–Crippen MR) is 85.5 cm³/mol. The lowest BCUT2D eigenvalue weighted by atomic mass is 10.1. The molecule has 116 valence electrons. The summed E-state index contributed by atoms with van der Waals surface area (Å²) in [4.78, 5) is 12.4. The van der Waals surface area contributed by atoms with Crippen LogP contribution in [0.2, 0.25) is 5.02 Å². The van der Waals surface area contributed by atoms with Gasteiger partial charge in [0.25, 0.3) is 5.91 Å². The van der Waals surface area contributed by atoms with Gasteiger partial charge in [0, 0.05) is 22.8 Å². The van der Waals surface area contributed by atoms with E-state index in [4.69, 9.17) is 25.8 Å². The number of methoxy groups -OCH3 is 3. The van der Waals surface area contributed by atoms with Crippen molar-refractivity contribution in [2.75, 3.05) is 26.6 Å². The molecule has 2 rings (SSSR count). The lowest BCUT2D eigenvalue weighted by molar-refractivity contribution is 0.102. The molecule has 0 atom stereocenters. The number of carbonyl (C=O) groups excluding carboxylic acids is 1. The number of halogens is 1. The van der Waals surface area contributed by atoms with Crippen LogP contribution in [0.5, 0.6) is 17.2 Å². The minimum atomic E-state index is -0.333. The summed E-state index contributed by atoms with van der Waals surface area (Å²) in [5, 5.41) is 3.30. The summed E-state index contributed by atoms with van der Waals surface area (Å²) in [5.41, 5.74) is 0.925. The number of hydrogen-bond donors (Lipinski definition) is 1. The third-order valence-electron chi connectivity index (χ3n) is 3.03. The van der Waals surface area contributed by atoms with Crippen molar-refractivity contribution in [1.82, 2.24) is 0 Å². The topological polar surface area (TPSA) is 56.8 Å². The van der Waals surface area contributed by atoms with E-state index in [0.717, 1.165) is 0 Å². The van der Waals surface area contributed by atoms with Gasteiger partial charge in [-0.2, -0.15) is 0 Å². The summed E-state index contributed by atoms with van der Waals surface area (Å²) in [6.07, 6.45) is 0. The van der Waals surface area contributed by atoms with Crippen molar-refractivity contribution in [1.29, 1.82) is 0 Å². The maximum Gasteiger partial charge on any atom is 0.259 e. The highest BCUT2D eigenvalue weighted by Crippen LogP contribution is 2.35. The number of anilines is 1. The quantitative estimate of drug-likeness (QED) is 0.914. The van der Waals surface area contributed by atoms with Crippen molar-refractivity contribution >= 4 is 23.2 Å². The molecule has 0 saturated carbocycles. The van der Waals surface area contributed by atoms with Gasteiger partial charge in [-0.1, -0.05) is 17.7 Å². The van der Waals surface area contributed by atoms with Crippen molar-refractivity contribution in [3.8, 4) is 17.2 Å². The zero-order valence-electron chi connectivity index (χ0n) is 12.5. The number of hydrogen-bond acceptors (Lipinski definition) is 4. The molecule has 1 amide bonds. The smallest absolute Gasteiger partial charge is 0.259 e. The van der Waals surface area contributed by atoms with Crippen molar-refractivity contribution in [3.63, 3.8) is 0 Å². The normalized spacial score (nSPS) is 10.0. The largest absolute Gasteiger partial charge is 0.496 e. The summed E-state index contributed by atoms with van der Waals surface area (Å²) in [5.74, 6) is 0.982. The van der Waals surface area contributed by atoms with Gasteiger partial charge in [-0.05, 0) is 18.2 Å². The van der Waals surface area contributed by atoms with E-state index < -0.39 is 0 Å². The van der Waals surface area contributed by atoms with Crippen molar-refractivity contribution in [3.05, 3.63) is 47.0 Å². The molecule has 0 saturated heterocycles. The number of carbonyl (C=O) groups is 1. The van der Waals surface area contributed by atoms with Gasteiger partial charge in [-0.15, -0.1) is 0 Å². The summed E-state index contributed by atoms with van der Waals surface area (Å²) in [7, 11) is 4.50. The molecule has 5 nitrogen and oxygen atoms in total. The lowest BCUT2D eigenvalue weighted by Gasteiger charge is -2.14. The molecule has 0 aromatic heterocycles. The molecular weight excluding hydrogens is 306 g/mol. The molecule has 0 unspecified atom stereocenters. The molecule has 6 heteroatoms. The monoisotopic (exact) mass is 321 g/mol. The first-order valence-electron chi connectivity index (χ1n) is 6.46. The zero-order chi connectivity index (χ0) is 16.1. The first-order chi connectivity index (χ1) is 10.6. The summed E-state index contributed by atoms with van der Waals surface area (Å²) >= 11 is 5.91. The highest BCUT2D eigenvalue weighted by atomic mass is 35.5. The maximum absolute atomic E-state index is 12.4. The second-order valence-electron chi connectivity index (χ2n) is 4.37. The molecule has 2 aromatic carbocycles. The van der Waals surface area contributed by atoms with Crippen LogP contribution in [0.4, 0.5) is 5.69 Å². The zero-order valence-corrected chi connectivity index (χ0v) is 13.2. The van der Waals surface area contributed by atoms with E-state index in [-0.39, 0.29) is 5.91 Å². The summed E-state index contributed by atoms with van der Waals surface area (Å²) < 4.78 is 15.7. The third-order valence-corrected chi connectivity index (χ3v) is 3.27. The van der Waals surface area contributed by atoms with Gasteiger partial charge in [0.05, 0.1) is 26.9 Å². The van der Waals surface area contributed by atoms with Gasteiger partial charge in [-0.3, -0.25) is 4.79 Å². The van der Waals surface area contributed by atoms with E-state index in [9.17, 15) is 4.79 Å². The van der Waals surface area contributed by atoms with Gasteiger partial charge in [0.15, 0.2) is 11.5 Å². The highest BCUT2D eigenvalue weighted by Gasteiger charge is 2.17. The van der Waals surface area contributed by atoms with E-state index in [1.54, 1.807) is 36.4 Å². The highest BCUT2D eigenvalue weighted by molar-refractivity contribution is 6.31. The Morgan fingerprint density at radius 3 is 2.18 bits per heavy atom. The number of amides is 1. The Hall–Kier alpha value is -2.40. The van der Waals surface area contributed by atoms with Gasteiger partial charge in [0.2, 0.25) is 0 Å². The van der Waals surface area contributed by atoms with Crippen LogP contribution >= 0.6 is 11.6 Å². The van der Waals surface area contributed by atoms with Crippen molar-refractivity contribution in [2.24, 2.45) is 0 Å². The molecule has 0 fully saturated rings. The molecule has 0 aliphatic heterocycles. The van der Waals surface area contributed by atoms with Gasteiger partial charge in [-0.25, -0.2) is 0 Å². The minimum absolute atomic E-state index is 0.333. The Kier molecular flexibility index (Phi) is 5.12. The number of rotatable bonds is 5. The molecule has 0 bridgehead atoms. The number of ether oxygens (including phenoxy) is 3. The van der Waals surface area contributed by atoms with E-state index in [1.807, 2.05) is 0 Å². The van der Waals surface area contributed by atoms with Crippen LogP contribution in [0.3, 0.4) is 0 Å². The van der Waals surface area contributed by atoms with Crippen molar-refractivity contribution < 1.29 is 19.0 Å². The minimum Gasteiger partial charge on any atom is -0.496 e. The summed E-state index contributed by atoms with van der Waals surface area (Å²) in [6.45, 7) is 0. The van der Waals surface area contributed by atoms with E-state index in [2.05, 4.69) is 5.32 Å². The predicted octanol–water partition coefficient (Wildman–Crippen LogP) is 3.62. The molecule has 2 aromatic rings. The number of benzene rings is 2. The first-order valence-corrected chi connectivity index (χ1v) is 6.83. The fraction of sp³-hybridized carbons (Fsp3) is 0.188. The van der Waals surface area contributed by atoms with Crippen LogP contribution in [0, 0.1) is 0 Å². The van der Waals surface area contributed by atoms with Gasteiger partial charge in [0.1, 0.15) is 5.75 Å². The van der Waals surface area contributed by atoms with Gasteiger partial charge >= 0.3 is 0 Å². The first kappa shape index (κ1) is 16.0. The Morgan fingerprint density at radius 1 is 0.955 bits per heavy atom. The SMILES string of the molecule is COc1cc(OC)c(C(=O)Nc2cccc(Cl)c2)cc1OC. The third kappa shape index (κ3) is 3.43. The molecule has 0 radical (unpaired) electrons. The van der Waals surface area contributed by atoms with Crippen LogP contribution in [0.15, 0.2) is 36.4 Å². The van der Waals surface area contributed by atoms with E-state index >= 15 is 0 Å². The van der Waals surface area contributed by atoms with Gasteiger partial charge < -0.3 is 19.5 Å². The molecule has 1 N–H and O–H groups in total. The van der Waals surface area contributed by atoms with Crippen LogP contribution in [-0.4, -0.2) is 27.2 Å². The Bertz CT molecular complexity index is 688. The Balaban J connectivity index is 2.36. The van der Waals surface area contributed by atoms with Crippen LogP contribution < -0.4 is 19.5 Å². The lowest BCUT2D eigenvalue weighted by Crippen LogP contribution is -2.13. The van der Waals surface area contributed by atoms with Crippen LogP contribution in [-0.2, 0) is 0 Å². The van der Waals surface area contributed by atoms with E-state index in [1.165, 1.54) is 21.3 Å². The van der Waals surface area contributed by atoms with Crippen molar-refractivity contribution in [2.45, 2.75) is 0 Å². The fourth-order valence-electron chi connectivity index (χ4n) is 1.97. The Labute approximate surface area is 133 Å². The molecular formula is C16H16ClNO4. The second kappa shape index (κ2) is 7.04.